The van der Waals surface area contributed by atoms with E-state index in [1.165, 1.54) is 4.68 Å². The molecule has 0 amide bonds. The fourth-order valence-corrected chi connectivity index (χ4v) is 2.91. The molecule has 0 saturated heterocycles. The molecule has 0 unspecified atom stereocenters. The summed E-state index contributed by atoms with van der Waals surface area (Å²) in [6.07, 6.45) is 2.69. The molecule has 1 aromatic carbocycles. The SMILES string of the molecule is O=c1n(CCO)nc2n1-c1ccc(Br)cc1CCC2. The number of aromatic nitrogens is 3. The van der Waals surface area contributed by atoms with Gasteiger partial charge in [0.05, 0.1) is 18.8 Å². The predicted molar refractivity (Wildman–Crippen MR) is 74.6 cm³/mol. The van der Waals surface area contributed by atoms with Gasteiger partial charge in [-0.05, 0) is 36.6 Å². The second-order valence-electron chi connectivity index (χ2n) is 4.61. The van der Waals surface area contributed by atoms with Gasteiger partial charge in [-0.15, -0.1) is 0 Å². The number of hydrogen-bond acceptors (Lipinski definition) is 3. The van der Waals surface area contributed by atoms with E-state index in [2.05, 4.69) is 27.1 Å². The number of aliphatic hydroxyl groups is 1. The highest BCUT2D eigenvalue weighted by atomic mass is 79.9. The average molecular weight is 324 g/mol. The summed E-state index contributed by atoms with van der Waals surface area (Å²) in [5.74, 6) is 0.777. The first-order chi connectivity index (χ1) is 9.20. The Bertz CT molecular complexity index is 675. The zero-order chi connectivity index (χ0) is 13.4. The normalized spacial score (nSPS) is 13.8. The molecule has 2 aromatic rings. The Morgan fingerprint density at radius 1 is 1.37 bits per heavy atom. The molecule has 100 valence electrons. The standard InChI is InChI=1S/C13H14BrN3O2/c14-10-4-5-11-9(8-10)2-1-3-12-15-16(6-7-18)13(19)17(11)12/h4-5,8,18H,1-3,6-7H2. The van der Waals surface area contributed by atoms with Gasteiger partial charge in [0.1, 0.15) is 5.82 Å². The molecule has 0 radical (unpaired) electrons. The van der Waals surface area contributed by atoms with Crippen molar-refractivity contribution in [3.63, 3.8) is 0 Å². The second-order valence-corrected chi connectivity index (χ2v) is 5.52. The van der Waals surface area contributed by atoms with E-state index in [4.69, 9.17) is 5.11 Å². The molecule has 2 heterocycles. The van der Waals surface area contributed by atoms with Crippen LogP contribution in [0, 0.1) is 0 Å². The molecule has 0 fully saturated rings. The fraction of sp³-hybridized carbons (Fsp3) is 0.385. The van der Waals surface area contributed by atoms with Crippen molar-refractivity contribution in [2.24, 2.45) is 0 Å². The van der Waals surface area contributed by atoms with Crippen molar-refractivity contribution in [3.05, 3.63) is 44.5 Å². The monoisotopic (exact) mass is 323 g/mol. The summed E-state index contributed by atoms with van der Waals surface area (Å²) in [4.78, 5) is 12.3. The molecule has 0 atom stereocenters. The third-order valence-electron chi connectivity index (χ3n) is 3.35. The van der Waals surface area contributed by atoms with Crippen LogP contribution in [0.3, 0.4) is 0 Å². The van der Waals surface area contributed by atoms with Crippen LogP contribution in [-0.2, 0) is 19.4 Å². The van der Waals surface area contributed by atoms with Crippen LogP contribution < -0.4 is 5.69 Å². The molecule has 0 aliphatic carbocycles. The Balaban J connectivity index is 2.22. The Labute approximate surface area is 118 Å². The summed E-state index contributed by atoms with van der Waals surface area (Å²) in [7, 11) is 0. The Kier molecular flexibility index (Phi) is 3.28. The molecule has 0 bridgehead atoms. The molecular formula is C13H14BrN3O2. The van der Waals surface area contributed by atoms with Crippen molar-refractivity contribution in [1.29, 1.82) is 0 Å². The summed E-state index contributed by atoms with van der Waals surface area (Å²) in [6.45, 7) is 0.161. The maximum absolute atomic E-state index is 12.3. The van der Waals surface area contributed by atoms with Crippen molar-refractivity contribution in [3.8, 4) is 5.69 Å². The minimum atomic E-state index is -0.172. The van der Waals surface area contributed by atoms with E-state index in [1.54, 1.807) is 4.57 Å². The summed E-state index contributed by atoms with van der Waals surface area (Å²) in [5.41, 5.74) is 1.89. The van der Waals surface area contributed by atoms with Crippen LogP contribution in [0.5, 0.6) is 0 Å². The van der Waals surface area contributed by atoms with E-state index in [-0.39, 0.29) is 18.8 Å². The molecule has 3 rings (SSSR count). The first-order valence-corrected chi connectivity index (χ1v) is 7.08. The lowest BCUT2D eigenvalue weighted by Crippen LogP contribution is -2.25. The quantitative estimate of drug-likeness (QED) is 0.905. The van der Waals surface area contributed by atoms with Crippen molar-refractivity contribution in [1.82, 2.24) is 14.3 Å². The van der Waals surface area contributed by atoms with Gasteiger partial charge in [-0.2, -0.15) is 5.10 Å². The van der Waals surface area contributed by atoms with Gasteiger partial charge in [0.25, 0.3) is 0 Å². The van der Waals surface area contributed by atoms with Gasteiger partial charge in [0.15, 0.2) is 0 Å². The van der Waals surface area contributed by atoms with Gasteiger partial charge in [0, 0.05) is 10.9 Å². The third-order valence-corrected chi connectivity index (χ3v) is 3.84. The Morgan fingerprint density at radius 3 is 3.00 bits per heavy atom. The number of aliphatic hydroxyl groups excluding tert-OH is 1. The maximum Gasteiger partial charge on any atom is 0.350 e. The van der Waals surface area contributed by atoms with E-state index in [9.17, 15) is 4.79 Å². The summed E-state index contributed by atoms with van der Waals surface area (Å²) < 4.78 is 4.03. The number of nitrogens with zero attached hydrogens (tertiary/aromatic N) is 3. The van der Waals surface area contributed by atoms with Crippen LogP contribution in [0.15, 0.2) is 27.5 Å². The highest BCUT2D eigenvalue weighted by Gasteiger charge is 2.20. The maximum atomic E-state index is 12.3. The van der Waals surface area contributed by atoms with E-state index < -0.39 is 0 Å². The van der Waals surface area contributed by atoms with E-state index >= 15 is 0 Å². The van der Waals surface area contributed by atoms with E-state index in [0.29, 0.717) is 0 Å². The minimum Gasteiger partial charge on any atom is -0.394 e. The van der Waals surface area contributed by atoms with Crippen LogP contribution in [0.2, 0.25) is 0 Å². The molecule has 0 saturated carbocycles. The van der Waals surface area contributed by atoms with Crippen molar-refractivity contribution in [2.45, 2.75) is 25.8 Å². The molecule has 1 aliphatic rings. The summed E-state index contributed by atoms with van der Waals surface area (Å²) >= 11 is 3.46. The van der Waals surface area contributed by atoms with E-state index in [1.807, 2.05) is 12.1 Å². The lowest BCUT2D eigenvalue weighted by molar-refractivity contribution is 0.266. The Hall–Kier alpha value is -1.40. The zero-order valence-corrected chi connectivity index (χ0v) is 11.9. The minimum absolute atomic E-state index is 0.0798. The van der Waals surface area contributed by atoms with Gasteiger partial charge in [-0.25, -0.2) is 14.0 Å². The van der Waals surface area contributed by atoms with Crippen molar-refractivity contribution < 1.29 is 5.11 Å². The molecule has 0 spiro atoms. The highest BCUT2D eigenvalue weighted by Crippen LogP contribution is 2.24. The largest absolute Gasteiger partial charge is 0.394 e. The number of hydrogen-bond donors (Lipinski definition) is 1. The molecular weight excluding hydrogens is 310 g/mol. The molecule has 19 heavy (non-hydrogen) atoms. The number of halogens is 1. The average Bonchev–Trinajstić information content (AvgIpc) is 2.58. The van der Waals surface area contributed by atoms with Crippen LogP contribution in [0.25, 0.3) is 5.69 Å². The lowest BCUT2D eigenvalue weighted by atomic mass is 10.1. The van der Waals surface area contributed by atoms with Crippen molar-refractivity contribution >= 4 is 15.9 Å². The molecule has 5 nitrogen and oxygen atoms in total. The number of fused-ring (bicyclic) bond motifs is 3. The lowest BCUT2D eigenvalue weighted by Gasteiger charge is -2.07. The fourth-order valence-electron chi connectivity index (χ4n) is 2.51. The number of benzene rings is 1. The molecule has 1 N–H and O–H groups in total. The second kappa shape index (κ2) is 4.94. The van der Waals surface area contributed by atoms with Gasteiger partial charge < -0.3 is 5.11 Å². The van der Waals surface area contributed by atoms with Crippen LogP contribution in [0.4, 0.5) is 0 Å². The van der Waals surface area contributed by atoms with Crippen LogP contribution >= 0.6 is 15.9 Å². The highest BCUT2D eigenvalue weighted by molar-refractivity contribution is 9.10. The van der Waals surface area contributed by atoms with Gasteiger partial charge >= 0.3 is 5.69 Å². The number of aryl methyl sites for hydroxylation is 2. The van der Waals surface area contributed by atoms with E-state index in [0.717, 1.165) is 40.8 Å². The van der Waals surface area contributed by atoms with Crippen LogP contribution in [0.1, 0.15) is 17.8 Å². The van der Waals surface area contributed by atoms with Gasteiger partial charge in [0.2, 0.25) is 0 Å². The summed E-state index contributed by atoms with van der Waals surface area (Å²) in [5, 5.41) is 13.3. The van der Waals surface area contributed by atoms with Gasteiger partial charge in [-0.1, -0.05) is 15.9 Å². The first-order valence-electron chi connectivity index (χ1n) is 6.29. The number of rotatable bonds is 2. The molecule has 1 aromatic heterocycles. The molecule has 6 heteroatoms. The smallest absolute Gasteiger partial charge is 0.350 e. The third kappa shape index (κ3) is 2.15. The zero-order valence-electron chi connectivity index (χ0n) is 10.3. The van der Waals surface area contributed by atoms with Crippen molar-refractivity contribution in [2.75, 3.05) is 6.61 Å². The molecule has 1 aliphatic heterocycles. The topological polar surface area (TPSA) is 60.1 Å². The predicted octanol–water partition coefficient (Wildman–Crippen LogP) is 1.28. The van der Waals surface area contributed by atoms with Crippen LogP contribution in [-0.4, -0.2) is 26.1 Å². The Morgan fingerprint density at radius 2 is 2.21 bits per heavy atom. The first kappa shape index (κ1) is 12.6. The summed E-state index contributed by atoms with van der Waals surface area (Å²) in [6, 6.07) is 5.94. The van der Waals surface area contributed by atoms with Gasteiger partial charge in [-0.3, -0.25) is 0 Å².